The van der Waals surface area contributed by atoms with E-state index in [1.54, 1.807) is 24.0 Å². The highest BCUT2D eigenvalue weighted by molar-refractivity contribution is 5.88. The summed E-state index contributed by atoms with van der Waals surface area (Å²) >= 11 is 0. The molecule has 4 unspecified atom stereocenters. The molecule has 3 N–H and O–H groups in total. The fourth-order valence-corrected chi connectivity index (χ4v) is 3.68. The molecular weight excluding hydrogens is 244 g/mol. The zero-order valence-electron chi connectivity index (χ0n) is 11.0. The van der Waals surface area contributed by atoms with Crippen molar-refractivity contribution < 1.29 is 9.90 Å². The standard InChI is InChI=1S/C13H20N4O2/c1-17-5-4-11(16-17)14-13(19)15-12-9-3-2-8(6-9)10(12)7-18/h4-5,8-10,12,18H,2-3,6-7H2,1H3,(H2,14,15,16,19). The van der Waals surface area contributed by atoms with Gasteiger partial charge >= 0.3 is 6.03 Å². The van der Waals surface area contributed by atoms with Crippen molar-refractivity contribution in [1.82, 2.24) is 15.1 Å². The van der Waals surface area contributed by atoms with Gasteiger partial charge in [0.2, 0.25) is 0 Å². The van der Waals surface area contributed by atoms with Gasteiger partial charge in [-0.1, -0.05) is 0 Å². The number of urea groups is 1. The topological polar surface area (TPSA) is 79.2 Å². The third-order valence-corrected chi connectivity index (χ3v) is 4.55. The van der Waals surface area contributed by atoms with Gasteiger partial charge in [-0.05, 0) is 31.1 Å². The van der Waals surface area contributed by atoms with E-state index in [0.29, 0.717) is 17.7 Å². The van der Waals surface area contributed by atoms with Crippen LogP contribution in [0.4, 0.5) is 10.6 Å². The highest BCUT2D eigenvalue weighted by atomic mass is 16.3. The Morgan fingerprint density at radius 1 is 1.53 bits per heavy atom. The average Bonchev–Trinajstić information content (AvgIpc) is 3.05. The maximum atomic E-state index is 12.0. The molecule has 1 heterocycles. The minimum Gasteiger partial charge on any atom is -0.396 e. The number of carbonyl (C=O) groups excluding carboxylic acids is 1. The number of nitrogens with one attached hydrogen (secondary N) is 2. The van der Waals surface area contributed by atoms with Crippen molar-refractivity contribution in [3.8, 4) is 0 Å². The summed E-state index contributed by atoms with van der Waals surface area (Å²) in [5, 5.41) is 19.3. The predicted molar refractivity (Wildman–Crippen MR) is 70.6 cm³/mol. The summed E-state index contributed by atoms with van der Waals surface area (Å²) in [6.45, 7) is 0.162. The van der Waals surface area contributed by atoms with Crippen LogP contribution < -0.4 is 10.6 Å². The molecule has 2 fully saturated rings. The zero-order chi connectivity index (χ0) is 13.4. The van der Waals surface area contributed by atoms with E-state index in [4.69, 9.17) is 0 Å². The van der Waals surface area contributed by atoms with E-state index in [1.807, 2.05) is 0 Å². The minimum absolute atomic E-state index is 0.104. The van der Waals surface area contributed by atoms with Gasteiger partial charge in [0.25, 0.3) is 0 Å². The van der Waals surface area contributed by atoms with Gasteiger partial charge < -0.3 is 10.4 Å². The molecule has 3 rings (SSSR count). The van der Waals surface area contributed by atoms with Crippen LogP contribution in [0.25, 0.3) is 0 Å². The second-order valence-electron chi connectivity index (χ2n) is 5.68. The first kappa shape index (κ1) is 12.5. The monoisotopic (exact) mass is 264 g/mol. The number of aliphatic hydroxyl groups is 1. The molecule has 2 aliphatic rings. The van der Waals surface area contributed by atoms with Crippen LogP contribution in [0.2, 0.25) is 0 Å². The molecule has 0 saturated heterocycles. The lowest BCUT2D eigenvalue weighted by Gasteiger charge is -2.30. The number of anilines is 1. The quantitative estimate of drug-likeness (QED) is 0.760. The van der Waals surface area contributed by atoms with Crippen LogP contribution in [0.5, 0.6) is 0 Å². The summed E-state index contributed by atoms with van der Waals surface area (Å²) < 4.78 is 1.64. The Labute approximate surface area is 112 Å². The number of hydrogen-bond donors (Lipinski definition) is 3. The zero-order valence-corrected chi connectivity index (χ0v) is 11.0. The van der Waals surface area contributed by atoms with Crippen molar-refractivity contribution in [2.75, 3.05) is 11.9 Å². The van der Waals surface area contributed by atoms with Gasteiger partial charge in [0.15, 0.2) is 5.82 Å². The maximum Gasteiger partial charge on any atom is 0.320 e. The van der Waals surface area contributed by atoms with Crippen LogP contribution in [0, 0.1) is 17.8 Å². The number of amides is 2. The molecular formula is C13H20N4O2. The molecule has 1 aromatic heterocycles. The predicted octanol–water partition coefficient (Wildman–Crippen LogP) is 0.949. The molecule has 4 atom stereocenters. The normalized spacial score (nSPS) is 32.5. The second-order valence-corrected chi connectivity index (χ2v) is 5.68. The molecule has 104 valence electrons. The summed E-state index contributed by atoms with van der Waals surface area (Å²) in [6.07, 6.45) is 5.27. The first-order valence-electron chi connectivity index (χ1n) is 6.85. The third kappa shape index (κ3) is 2.32. The molecule has 0 aromatic carbocycles. The smallest absolute Gasteiger partial charge is 0.320 e. The maximum absolute atomic E-state index is 12.0. The van der Waals surface area contributed by atoms with Crippen molar-refractivity contribution in [3.05, 3.63) is 12.3 Å². The number of nitrogens with zero attached hydrogens (tertiary/aromatic N) is 2. The van der Waals surface area contributed by atoms with Crippen LogP contribution in [-0.4, -0.2) is 33.6 Å². The van der Waals surface area contributed by atoms with Gasteiger partial charge in [0, 0.05) is 37.9 Å². The summed E-state index contributed by atoms with van der Waals surface area (Å²) in [7, 11) is 1.81. The van der Waals surface area contributed by atoms with Crippen LogP contribution in [0.1, 0.15) is 19.3 Å². The van der Waals surface area contributed by atoms with E-state index in [-0.39, 0.29) is 24.6 Å². The fourth-order valence-electron chi connectivity index (χ4n) is 3.68. The van der Waals surface area contributed by atoms with E-state index in [0.717, 1.165) is 12.8 Å². The minimum atomic E-state index is -0.227. The Hall–Kier alpha value is -1.56. The van der Waals surface area contributed by atoms with Gasteiger partial charge in [-0.2, -0.15) is 5.10 Å². The van der Waals surface area contributed by atoms with Crippen molar-refractivity contribution in [2.24, 2.45) is 24.8 Å². The second kappa shape index (κ2) is 4.85. The summed E-state index contributed by atoms with van der Waals surface area (Å²) in [6, 6.07) is 1.63. The Balaban J connectivity index is 1.60. The van der Waals surface area contributed by atoms with Crippen LogP contribution >= 0.6 is 0 Å². The average molecular weight is 264 g/mol. The Morgan fingerprint density at radius 3 is 3.00 bits per heavy atom. The van der Waals surface area contributed by atoms with Gasteiger partial charge in [-0.15, -0.1) is 0 Å². The van der Waals surface area contributed by atoms with Crippen LogP contribution in [0.3, 0.4) is 0 Å². The van der Waals surface area contributed by atoms with Crippen molar-refractivity contribution in [3.63, 3.8) is 0 Å². The number of carbonyl (C=O) groups is 1. The van der Waals surface area contributed by atoms with E-state index in [9.17, 15) is 9.90 Å². The number of aliphatic hydroxyl groups excluding tert-OH is 1. The lowest BCUT2D eigenvalue weighted by Crippen LogP contribution is -2.46. The lowest BCUT2D eigenvalue weighted by molar-refractivity contribution is 0.146. The van der Waals surface area contributed by atoms with Gasteiger partial charge in [0.1, 0.15) is 0 Å². The number of rotatable bonds is 3. The number of hydrogen-bond acceptors (Lipinski definition) is 3. The molecule has 2 bridgehead atoms. The van der Waals surface area contributed by atoms with Crippen molar-refractivity contribution in [2.45, 2.75) is 25.3 Å². The SMILES string of the molecule is Cn1ccc(NC(=O)NC2C3CCC(C3)C2CO)n1. The molecule has 19 heavy (non-hydrogen) atoms. The third-order valence-electron chi connectivity index (χ3n) is 4.55. The highest BCUT2D eigenvalue weighted by Gasteiger charge is 2.47. The highest BCUT2D eigenvalue weighted by Crippen LogP contribution is 2.48. The molecule has 2 amide bonds. The first-order chi connectivity index (χ1) is 9.17. The van der Waals surface area contributed by atoms with Crippen molar-refractivity contribution >= 4 is 11.8 Å². The van der Waals surface area contributed by atoms with E-state index < -0.39 is 0 Å². The fraction of sp³-hybridized carbons (Fsp3) is 0.692. The first-order valence-corrected chi connectivity index (χ1v) is 6.85. The summed E-state index contributed by atoms with van der Waals surface area (Å²) in [5.74, 6) is 1.86. The molecule has 0 aliphatic heterocycles. The molecule has 2 saturated carbocycles. The summed E-state index contributed by atoms with van der Waals surface area (Å²) in [4.78, 5) is 12.0. The number of fused-ring (bicyclic) bond motifs is 2. The number of aryl methyl sites for hydroxylation is 1. The van der Waals surface area contributed by atoms with Gasteiger partial charge in [-0.25, -0.2) is 4.79 Å². The summed E-state index contributed by atoms with van der Waals surface area (Å²) in [5.41, 5.74) is 0. The van der Waals surface area contributed by atoms with Gasteiger partial charge in [0.05, 0.1) is 0 Å². The molecule has 6 heteroatoms. The largest absolute Gasteiger partial charge is 0.396 e. The van der Waals surface area contributed by atoms with Crippen LogP contribution in [-0.2, 0) is 7.05 Å². The molecule has 2 aliphatic carbocycles. The molecule has 0 radical (unpaired) electrons. The lowest BCUT2D eigenvalue weighted by atomic mass is 9.85. The molecule has 0 spiro atoms. The Morgan fingerprint density at radius 2 is 2.32 bits per heavy atom. The molecule has 1 aromatic rings. The number of aromatic nitrogens is 2. The van der Waals surface area contributed by atoms with E-state index in [2.05, 4.69) is 15.7 Å². The Kier molecular flexibility index (Phi) is 3.18. The Bertz CT molecular complexity index is 473. The van der Waals surface area contributed by atoms with Crippen molar-refractivity contribution in [1.29, 1.82) is 0 Å². The van der Waals surface area contributed by atoms with E-state index in [1.165, 1.54) is 6.42 Å². The van der Waals surface area contributed by atoms with Crippen LogP contribution in [0.15, 0.2) is 12.3 Å². The van der Waals surface area contributed by atoms with E-state index >= 15 is 0 Å². The molecule has 6 nitrogen and oxygen atoms in total. The van der Waals surface area contributed by atoms with Gasteiger partial charge in [-0.3, -0.25) is 10.00 Å².